The van der Waals surface area contributed by atoms with Crippen molar-refractivity contribution in [3.63, 3.8) is 0 Å². The second-order valence-electron chi connectivity index (χ2n) is 7.54. The fourth-order valence-electron chi connectivity index (χ4n) is 3.27. The quantitative estimate of drug-likeness (QED) is 0.325. The van der Waals surface area contributed by atoms with Crippen molar-refractivity contribution in [2.24, 2.45) is 4.99 Å². The zero-order valence-electron chi connectivity index (χ0n) is 18.9. The van der Waals surface area contributed by atoms with Gasteiger partial charge < -0.3 is 14.8 Å². The Morgan fingerprint density at radius 1 is 1.09 bits per heavy atom. The van der Waals surface area contributed by atoms with E-state index in [2.05, 4.69) is 10.3 Å². The van der Waals surface area contributed by atoms with E-state index >= 15 is 0 Å². The van der Waals surface area contributed by atoms with E-state index < -0.39 is 0 Å². The summed E-state index contributed by atoms with van der Waals surface area (Å²) in [6, 6.07) is 14.9. The number of nitrogens with one attached hydrogen (secondary N) is 1. The molecule has 1 amide bonds. The second-order valence-corrected chi connectivity index (χ2v) is 9.39. The number of hydrogen-bond acceptors (Lipinski definition) is 5. The monoisotopic (exact) mass is 530 g/mol. The van der Waals surface area contributed by atoms with Gasteiger partial charge in [-0.3, -0.25) is 4.79 Å². The molecule has 0 atom stereocenters. The van der Waals surface area contributed by atoms with E-state index in [1.165, 1.54) is 23.9 Å². The number of amidine groups is 1. The zero-order valence-corrected chi connectivity index (χ0v) is 21.2. The van der Waals surface area contributed by atoms with E-state index in [1.54, 1.807) is 36.4 Å². The van der Waals surface area contributed by atoms with Crippen molar-refractivity contribution in [3.05, 3.63) is 92.1 Å². The van der Waals surface area contributed by atoms with Crippen molar-refractivity contribution < 1.29 is 18.7 Å². The van der Waals surface area contributed by atoms with Crippen molar-refractivity contribution in [1.82, 2.24) is 5.32 Å². The molecule has 5 nitrogen and oxygen atoms in total. The smallest absolute Gasteiger partial charge is 0.264 e. The van der Waals surface area contributed by atoms with Crippen LogP contribution in [-0.4, -0.2) is 17.7 Å². The Hall–Kier alpha value is -3.00. The lowest BCUT2D eigenvalue weighted by molar-refractivity contribution is -0.115. The lowest BCUT2D eigenvalue weighted by atomic mass is 10.1. The molecule has 35 heavy (non-hydrogen) atoms. The fraction of sp³-hybridized carbons (Fsp3) is 0.154. The zero-order chi connectivity index (χ0) is 24.9. The number of thioether (sulfide) groups is 1. The number of aliphatic imine (C=N–C) groups is 1. The Labute approximate surface area is 216 Å². The number of ether oxygens (including phenoxy) is 2. The highest BCUT2D eigenvalue weighted by atomic mass is 35.5. The van der Waals surface area contributed by atoms with E-state index in [1.807, 2.05) is 26.0 Å². The summed E-state index contributed by atoms with van der Waals surface area (Å²) in [6.07, 6.45) is 1.71. The summed E-state index contributed by atoms with van der Waals surface area (Å²) in [5, 5.41) is 4.17. The minimum atomic E-state index is -0.316. The summed E-state index contributed by atoms with van der Waals surface area (Å²) in [4.78, 5) is 17.5. The van der Waals surface area contributed by atoms with Gasteiger partial charge in [0.05, 0.1) is 22.2 Å². The first-order chi connectivity index (χ1) is 16.8. The third-order valence-corrected chi connectivity index (χ3v) is 6.64. The third kappa shape index (κ3) is 6.17. The number of amides is 1. The van der Waals surface area contributed by atoms with Crippen LogP contribution in [0.2, 0.25) is 10.0 Å². The molecular weight excluding hydrogens is 510 g/mol. The molecule has 0 bridgehead atoms. The van der Waals surface area contributed by atoms with Crippen LogP contribution in [-0.2, 0) is 11.4 Å². The Bertz CT molecular complexity index is 1330. The van der Waals surface area contributed by atoms with Gasteiger partial charge in [0.1, 0.15) is 12.4 Å². The van der Waals surface area contributed by atoms with Crippen LogP contribution < -0.4 is 14.8 Å². The number of rotatable bonds is 7. The molecule has 1 N–H and O–H groups in total. The van der Waals surface area contributed by atoms with Crippen molar-refractivity contribution in [3.8, 4) is 11.5 Å². The van der Waals surface area contributed by atoms with Crippen LogP contribution in [0.5, 0.6) is 11.5 Å². The van der Waals surface area contributed by atoms with E-state index in [9.17, 15) is 9.18 Å². The molecule has 3 aromatic rings. The van der Waals surface area contributed by atoms with Crippen LogP contribution in [0.15, 0.2) is 64.5 Å². The normalized spacial score (nSPS) is 15.5. The van der Waals surface area contributed by atoms with Gasteiger partial charge in [0, 0.05) is 5.02 Å². The lowest BCUT2D eigenvalue weighted by Crippen LogP contribution is -2.19. The summed E-state index contributed by atoms with van der Waals surface area (Å²) in [5.74, 6) is 0.242. The minimum Gasteiger partial charge on any atom is -0.490 e. The van der Waals surface area contributed by atoms with Gasteiger partial charge in [0.2, 0.25) is 0 Å². The topological polar surface area (TPSA) is 59.9 Å². The first-order valence-corrected chi connectivity index (χ1v) is 12.3. The molecule has 0 aliphatic carbocycles. The van der Waals surface area contributed by atoms with E-state index in [4.69, 9.17) is 32.7 Å². The predicted octanol–water partition coefficient (Wildman–Crippen LogP) is 7.31. The van der Waals surface area contributed by atoms with Gasteiger partial charge in [0.25, 0.3) is 5.91 Å². The number of nitrogens with zero attached hydrogens (tertiary/aromatic N) is 1. The molecule has 0 spiro atoms. The van der Waals surface area contributed by atoms with Crippen molar-refractivity contribution in [2.75, 3.05) is 6.61 Å². The van der Waals surface area contributed by atoms with Crippen LogP contribution in [0.25, 0.3) is 6.08 Å². The van der Waals surface area contributed by atoms with Crippen LogP contribution >= 0.6 is 35.0 Å². The van der Waals surface area contributed by atoms with Gasteiger partial charge in [0.15, 0.2) is 16.7 Å². The summed E-state index contributed by atoms with van der Waals surface area (Å²) >= 11 is 13.9. The third-order valence-electron chi connectivity index (χ3n) is 5.04. The number of hydrogen-bond donors (Lipinski definition) is 1. The predicted molar refractivity (Wildman–Crippen MR) is 140 cm³/mol. The van der Waals surface area contributed by atoms with Crippen molar-refractivity contribution >= 4 is 57.8 Å². The van der Waals surface area contributed by atoms with Crippen LogP contribution in [0.4, 0.5) is 10.1 Å². The largest absolute Gasteiger partial charge is 0.490 e. The highest BCUT2D eigenvalue weighted by Gasteiger charge is 2.24. The SMILES string of the molecule is CCOc1cc(/C=C2/SC(=Nc3cccc(Cl)c3C)NC2=O)cc(Cl)c1OCc1ccc(F)cc1. The molecule has 1 saturated heterocycles. The Balaban J connectivity index is 1.56. The molecule has 9 heteroatoms. The molecule has 3 aromatic carbocycles. The molecule has 0 aromatic heterocycles. The standard InChI is InChI=1S/C26H21Cl2FN2O3S/c1-3-33-22-12-17(11-20(28)24(22)34-14-16-7-9-18(29)10-8-16)13-23-25(32)31-26(35-23)30-21-6-4-5-19(27)15(21)2/h4-13H,3,14H2,1-2H3,(H,30,31,32)/b23-13+. The maximum absolute atomic E-state index is 13.2. The molecule has 1 fully saturated rings. The molecule has 1 aliphatic heterocycles. The average Bonchev–Trinajstić information content (AvgIpc) is 3.16. The molecule has 180 valence electrons. The van der Waals surface area contributed by atoms with Gasteiger partial charge in [-0.15, -0.1) is 0 Å². The van der Waals surface area contributed by atoms with Crippen LogP contribution in [0, 0.1) is 12.7 Å². The van der Waals surface area contributed by atoms with Gasteiger partial charge in [-0.2, -0.15) is 0 Å². The minimum absolute atomic E-state index is 0.196. The van der Waals surface area contributed by atoms with Crippen LogP contribution in [0.3, 0.4) is 0 Å². The van der Waals surface area contributed by atoms with Gasteiger partial charge in [-0.1, -0.05) is 41.4 Å². The lowest BCUT2D eigenvalue weighted by Gasteiger charge is -2.14. The molecular formula is C26H21Cl2FN2O3S. The van der Waals surface area contributed by atoms with Crippen molar-refractivity contribution in [2.45, 2.75) is 20.5 Å². The van der Waals surface area contributed by atoms with E-state index in [0.29, 0.717) is 49.5 Å². The number of benzene rings is 3. The van der Waals surface area contributed by atoms with Crippen LogP contribution in [0.1, 0.15) is 23.6 Å². The Morgan fingerprint density at radius 2 is 1.86 bits per heavy atom. The fourth-order valence-corrected chi connectivity index (χ4v) is 4.55. The van der Waals surface area contributed by atoms with Crippen molar-refractivity contribution in [1.29, 1.82) is 0 Å². The molecule has 0 saturated carbocycles. The average molecular weight is 531 g/mol. The molecule has 0 radical (unpaired) electrons. The van der Waals surface area contributed by atoms with E-state index in [-0.39, 0.29) is 18.3 Å². The molecule has 4 rings (SSSR count). The maximum Gasteiger partial charge on any atom is 0.264 e. The number of carbonyl (C=O) groups is 1. The highest BCUT2D eigenvalue weighted by molar-refractivity contribution is 8.18. The van der Waals surface area contributed by atoms with Gasteiger partial charge >= 0.3 is 0 Å². The maximum atomic E-state index is 13.2. The second kappa shape index (κ2) is 11.2. The molecule has 1 heterocycles. The molecule has 0 unspecified atom stereocenters. The first-order valence-electron chi connectivity index (χ1n) is 10.7. The van der Waals surface area contributed by atoms with Gasteiger partial charge in [-0.25, -0.2) is 9.38 Å². The Kier molecular flexibility index (Phi) is 8.00. The summed E-state index contributed by atoms with van der Waals surface area (Å²) in [7, 11) is 0. The Morgan fingerprint density at radius 3 is 2.60 bits per heavy atom. The number of carbonyl (C=O) groups excluding carboxylic acids is 1. The summed E-state index contributed by atoms with van der Waals surface area (Å²) in [5.41, 5.74) is 2.98. The first kappa shape index (κ1) is 25.1. The number of halogens is 3. The highest BCUT2D eigenvalue weighted by Crippen LogP contribution is 2.39. The summed E-state index contributed by atoms with van der Waals surface area (Å²) in [6.45, 7) is 4.32. The molecule has 1 aliphatic rings. The summed E-state index contributed by atoms with van der Waals surface area (Å²) < 4.78 is 24.8. The van der Waals surface area contributed by atoms with Gasteiger partial charge in [-0.05, 0) is 84.8 Å². The van der Waals surface area contributed by atoms with E-state index in [0.717, 1.165) is 11.1 Å².